The number of fused-ring (bicyclic) bond motifs is 1. The van der Waals surface area contributed by atoms with E-state index in [-0.39, 0.29) is 57.9 Å². The number of rotatable bonds is 3. The summed E-state index contributed by atoms with van der Waals surface area (Å²) in [5.41, 5.74) is -0.546. The van der Waals surface area contributed by atoms with Crippen LogP contribution in [0.2, 0.25) is 0 Å². The first-order chi connectivity index (χ1) is 6.97. The third kappa shape index (κ3) is 3.59. The van der Waals surface area contributed by atoms with Gasteiger partial charge < -0.3 is 17.8 Å². The quantitative estimate of drug-likeness (QED) is 0.626. The third-order valence-electron chi connectivity index (χ3n) is 3.69. The van der Waals surface area contributed by atoms with Crippen LogP contribution in [0, 0.1) is 11.8 Å². The van der Waals surface area contributed by atoms with Crippen molar-refractivity contribution in [1.29, 1.82) is 0 Å². The molecule has 1 aliphatic heterocycles. The van der Waals surface area contributed by atoms with Crippen LogP contribution in [0.4, 0.5) is 12.9 Å². The number of likely N-dealkylation sites (tertiary alicyclic amines) is 1. The van der Waals surface area contributed by atoms with Crippen molar-refractivity contribution in [2.45, 2.75) is 19.3 Å². The maximum atomic E-state index is 12.3. The van der Waals surface area contributed by atoms with Crippen LogP contribution in [-0.4, -0.2) is 31.5 Å². The summed E-state index contributed by atoms with van der Waals surface area (Å²) in [5, 5.41) is 0. The SMILES string of the molecule is C=C(CN1CC2CCCC2C1)[B-](F)(F)F.[K+]. The smallest absolute Gasteiger partial charge is 0.445 e. The Labute approximate surface area is 137 Å². The van der Waals surface area contributed by atoms with Gasteiger partial charge in [-0.3, -0.25) is 0 Å². The topological polar surface area (TPSA) is 3.24 Å². The maximum Gasteiger partial charge on any atom is 1.00 e. The standard InChI is InChI=1S/C10H16BF3N.K/c1-8(11(12,13)14)5-15-6-9-3-2-4-10(9)7-15;/h9-10H,1-7H2;/q-1;+1. The Bertz CT molecular complexity index is 257. The Morgan fingerprint density at radius 3 is 2.12 bits per heavy atom. The van der Waals surface area contributed by atoms with Crippen LogP contribution in [0.1, 0.15) is 19.3 Å². The van der Waals surface area contributed by atoms with Gasteiger partial charge in [0.2, 0.25) is 0 Å². The largest absolute Gasteiger partial charge is 1.00 e. The summed E-state index contributed by atoms with van der Waals surface area (Å²) >= 11 is 0. The van der Waals surface area contributed by atoms with Crippen LogP contribution in [0.15, 0.2) is 12.1 Å². The van der Waals surface area contributed by atoms with Gasteiger partial charge in [-0.25, -0.2) is 0 Å². The van der Waals surface area contributed by atoms with Gasteiger partial charge in [0.1, 0.15) is 0 Å². The molecule has 0 bridgehead atoms. The molecule has 0 spiro atoms. The first-order valence-electron chi connectivity index (χ1n) is 5.57. The molecular formula is C10H16BF3KN. The Kier molecular flexibility index (Phi) is 5.61. The van der Waals surface area contributed by atoms with Crippen molar-refractivity contribution in [2.24, 2.45) is 11.8 Å². The van der Waals surface area contributed by atoms with Crippen LogP contribution >= 0.6 is 0 Å². The molecule has 0 aromatic heterocycles. The molecule has 2 aliphatic rings. The predicted octanol–water partition coefficient (Wildman–Crippen LogP) is -0.335. The van der Waals surface area contributed by atoms with E-state index in [0.717, 1.165) is 13.1 Å². The summed E-state index contributed by atoms with van der Waals surface area (Å²) in [5.74, 6) is 1.30. The molecular weight excluding hydrogens is 241 g/mol. The zero-order chi connectivity index (χ0) is 11.1. The van der Waals surface area contributed by atoms with Crippen molar-refractivity contribution in [3.63, 3.8) is 0 Å². The fraction of sp³-hybridized carbons (Fsp3) is 0.800. The summed E-state index contributed by atoms with van der Waals surface area (Å²) in [6.45, 7) is 0.0113. The van der Waals surface area contributed by atoms with E-state index in [0.29, 0.717) is 11.8 Å². The summed E-state index contributed by atoms with van der Waals surface area (Å²) < 4.78 is 37.0. The van der Waals surface area contributed by atoms with Gasteiger partial charge in [-0.1, -0.05) is 6.42 Å². The van der Waals surface area contributed by atoms with Crippen molar-refractivity contribution in [2.75, 3.05) is 19.6 Å². The van der Waals surface area contributed by atoms with Gasteiger partial charge in [0, 0.05) is 13.1 Å². The van der Waals surface area contributed by atoms with Gasteiger partial charge in [0.25, 0.3) is 0 Å². The van der Waals surface area contributed by atoms with Crippen molar-refractivity contribution >= 4 is 6.98 Å². The average Bonchev–Trinajstić information content (AvgIpc) is 2.61. The molecule has 2 unspecified atom stereocenters. The first kappa shape index (κ1) is 15.2. The van der Waals surface area contributed by atoms with Gasteiger partial charge >= 0.3 is 58.4 Å². The van der Waals surface area contributed by atoms with Gasteiger partial charge in [0.15, 0.2) is 0 Å². The molecule has 2 rings (SSSR count). The molecule has 0 N–H and O–H groups in total. The van der Waals surface area contributed by atoms with Crippen molar-refractivity contribution in [3.05, 3.63) is 12.1 Å². The Balaban J connectivity index is 0.00000128. The summed E-state index contributed by atoms with van der Waals surface area (Å²) in [7, 11) is 0. The van der Waals surface area contributed by atoms with E-state index < -0.39 is 12.4 Å². The molecule has 1 nitrogen and oxygen atoms in total. The summed E-state index contributed by atoms with van der Waals surface area (Å²) in [6, 6.07) is 0. The van der Waals surface area contributed by atoms with Gasteiger partial charge in [-0.2, -0.15) is 0 Å². The van der Waals surface area contributed by atoms with E-state index in [1.807, 2.05) is 4.90 Å². The second-order valence-corrected chi connectivity index (χ2v) is 4.88. The normalized spacial score (nSPS) is 29.9. The molecule has 1 saturated heterocycles. The molecule has 2 fully saturated rings. The maximum absolute atomic E-state index is 12.3. The first-order valence-corrected chi connectivity index (χ1v) is 5.57. The van der Waals surface area contributed by atoms with E-state index in [4.69, 9.17) is 0 Å². The Morgan fingerprint density at radius 1 is 1.19 bits per heavy atom. The van der Waals surface area contributed by atoms with E-state index in [1.54, 1.807) is 0 Å². The molecule has 0 aromatic carbocycles. The monoisotopic (exact) mass is 257 g/mol. The molecule has 16 heavy (non-hydrogen) atoms. The molecule has 0 radical (unpaired) electrons. The molecule has 1 saturated carbocycles. The molecule has 2 atom stereocenters. The fourth-order valence-electron chi connectivity index (χ4n) is 2.85. The number of hydrogen-bond donors (Lipinski definition) is 0. The minimum absolute atomic E-state index is 0. The van der Waals surface area contributed by atoms with Gasteiger partial charge in [-0.05, 0) is 31.2 Å². The van der Waals surface area contributed by atoms with Crippen LogP contribution in [0.3, 0.4) is 0 Å². The predicted molar refractivity (Wildman–Crippen MR) is 55.5 cm³/mol. The molecule has 86 valence electrons. The van der Waals surface area contributed by atoms with Crippen LogP contribution in [0.5, 0.6) is 0 Å². The van der Waals surface area contributed by atoms with Crippen molar-refractivity contribution in [3.8, 4) is 0 Å². The summed E-state index contributed by atoms with van der Waals surface area (Å²) in [6.07, 6.45) is 3.66. The molecule has 0 aromatic rings. The zero-order valence-electron chi connectivity index (χ0n) is 9.76. The zero-order valence-corrected chi connectivity index (χ0v) is 12.9. The van der Waals surface area contributed by atoms with Crippen molar-refractivity contribution in [1.82, 2.24) is 4.90 Å². The third-order valence-corrected chi connectivity index (χ3v) is 3.69. The second-order valence-electron chi connectivity index (χ2n) is 4.88. The average molecular weight is 257 g/mol. The Hall–Kier alpha value is 1.19. The summed E-state index contributed by atoms with van der Waals surface area (Å²) in [4.78, 5) is 1.92. The molecule has 0 amide bonds. The minimum Gasteiger partial charge on any atom is -0.445 e. The van der Waals surface area contributed by atoms with E-state index in [1.165, 1.54) is 19.3 Å². The van der Waals surface area contributed by atoms with Crippen LogP contribution in [-0.2, 0) is 0 Å². The molecule has 1 heterocycles. The molecule has 6 heteroatoms. The Morgan fingerprint density at radius 2 is 1.69 bits per heavy atom. The minimum atomic E-state index is -4.84. The number of nitrogens with zero attached hydrogens (tertiary/aromatic N) is 1. The van der Waals surface area contributed by atoms with Crippen molar-refractivity contribution < 1.29 is 64.3 Å². The van der Waals surface area contributed by atoms with E-state index in [2.05, 4.69) is 6.58 Å². The van der Waals surface area contributed by atoms with E-state index >= 15 is 0 Å². The van der Waals surface area contributed by atoms with E-state index in [9.17, 15) is 12.9 Å². The van der Waals surface area contributed by atoms with Gasteiger partial charge in [0.05, 0.1) is 0 Å². The molecule has 1 aliphatic carbocycles. The number of halogens is 3. The number of hydrogen-bond acceptors (Lipinski definition) is 1. The fourth-order valence-corrected chi connectivity index (χ4v) is 2.85. The van der Waals surface area contributed by atoms with Crippen LogP contribution in [0.25, 0.3) is 0 Å². The van der Waals surface area contributed by atoms with Crippen LogP contribution < -0.4 is 51.4 Å². The van der Waals surface area contributed by atoms with Gasteiger partial charge in [-0.15, -0.1) is 12.1 Å². The second kappa shape index (κ2) is 5.89.